The normalized spacial score (nSPS) is 10.3. The number of nitrogens with zero attached hydrogens (tertiary/aromatic N) is 1. The highest BCUT2D eigenvalue weighted by Crippen LogP contribution is 2.21. The summed E-state index contributed by atoms with van der Waals surface area (Å²) in [7, 11) is 0. The quantitative estimate of drug-likeness (QED) is 0.690. The van der Waals surface area contributed by atoms with Crippen LogP contribution < -0.4 is 0 Å². The van der Waals surface area contributed by atoms with Gasteiger partial charge in [0.05, 0.1) is 12.1 Å². The SMILES string of the molecule is Cc1nc(S)sc1CC(=O)OCc1ccccc1. The van der Waals surface area contributed by atoms with Gasteiger partial charge in [-0.2, -0.15) is 0 Å². The summed E-state index contributed by atoms with van der Waals surface area (Å²) in [6.07, 6.45) is 0.261. The van der Waals surface area contributed by atoms with E-state index in [1.165, 1.54) is 11.3 Å². The highest BCUT2D eigenvalue weighted by molar-refractivity contribution is 7.82. The van der Waals surface area contributed by atoms with E-state index >= 15 is 0 Å². The lowest BCUT2D eigenvalue weighted by Crippen LogP contribution is -2.07. The third-order valence-electron chi connectivity index (χ3n) is 2.43. The van der Waals surface area contributed by atoms with E-state index in [1.807, 2.05) is 37.3 Å². The molecule has 0 aliphatic rings. The Balaban J connectivity index is 1.88. The molecule has 18 heavy (non-hydrogen) atoms. The fourth-order valence-corrected chi connectivity index (χ4v) is 2.76. The van der Waals surface area contributed by atoms with E-state index in [2.05, 4.69) is 17.6 Å². The van der Waals surface area contributed by atoms with Crippen LogP contribution in [0.4, 0.5) is 0 Å². The van der Waals surface area contributed by atoms with Crippen LogP contribution in [0.25, 0.3) is 0 Å². The van der Waals surface area contributed by atoms with Crippen molar-refractivity contribution >= 4 is 29.9 Å². The molecule has 1 aromatic carbocycles. The molecule has 3 nitrogen and oxygen atoms in total. The molecule has 0 saturated carbocycles. The molecule has 2 aromatic rings. The third kappa shape index (κ3) is 3.58. The maximum Gasteiger partial charge on any atom is 0.311 e. The Hall–Kier alpha value is -1.33. The van der Waals surface area contributed by atoms with Crippen LogP contribution in [-0.2, 0) is 22.6 Å². The maximum atomic E-state index is 11.7. The molecule has 1 heterocycles. The van der Waals surface area contributed by atoms with Gasteiger partial charge in [-0.3, -0.25) is 4.79 Å². The van der Waals surface area contributed by atoms with Crippen molar-refractivity contribution in [2.75, 3.05) is 0 Å². The summed E-state index contributed by atoms with van der Waals surface area (Å²) in [6.45, 7) is 2.18. The van der Waals surface area contributed by atoms with Crippen molar-refractivity contribution in [2.45, 2.75) is 24.3 Å². The number of esters is 1. The van der Waals surface area contributed by atoms with Crippen LogP contribution in [0.3, 0.4) is 0 Å². The van der Waals surface area contributed by atoms with Gasteiger partial charge in [0.1, 0.15) is 10.9 Å². The minimum Gasteiger partial charge on any atom is -0.461 e. The first-order valence-electron chi connectivity index (χ1n) is 5.50. The molecule has 0 unspecified atom stereocenters. The number of benzene rings is 1. The molecule has 0 fully saturated rings. The molecular formula is C13H13NO2S2. The fourth-order valence-electron chi connectivity index (χ4n) is 1.50. The summed E-state index contributed by atoms with van der Waals surface area (Å²) < 4.78 is 5.89. The summed E-state index contributed by atoms with van der Waals surface area (Å²) in [5.41, 5.74) is 1.84. The predicted octanol–water partition coefficient (Wildman–Crippen LogP) is 3.03. The molecule has 0 saturated heterocycles. The fraction of sp³-hybridized carbons (Fsp3) is 0.231. The van der Waals surface area contributed by atoms with E-state index < -0.39 is 0 Å². The smallest absolute Gasteiger partial charge is 0.311 e. The van der Waals surface area contributed by atoms with Gasteiger partial charge in [0, 0.05) is 4.88 Å². The number of aryl methyl sites for hydroxylation is 1. The van der Waals surface area contributed by atoms with Gasteiger partial charge in [-0.25, -0.2) is 4.98 Å². The van der Waals surface area contributed by atoms with E-state index in [4.69, 9.17) is 4.74 Å². The van der Waals surface area contributed by atoms with E-state index in [1.54, 1.807) is 0 Å². The molecule has 0 radical (unpaired) electrons. The van der Waals surface area contributed by atoms with Crippen LogP contribution in [-0.4, -0.2) is 11.0 Å². The molecule has 0 atom stereocenters. The van der Waals surface area contributed by atoms with Crippen molar-refractivity contribution in [3.63, 3.8) is 0 Å². The summed E-state index contributed by atoms with van der Waals surface area (Å²) in [6, 6.07) is 9.63. The molecule has 0 N–H and O–H groups in total. The van der Waals surface area contributed by atoms with Crippen LogP contribution in [0.2, 0.25) is 0 Å². The number of thiazole rings is 1. The Kier molecular flexibility index (Phi) is 4.38. The Morgan fingerprint density at radius 3 is 2.72 bits per heavy atom. The van der Waals surface area contributed by atoms with Crippen molar-refractivity contribution in [3.8, 4) is 0 Å². The number of carbonyl (C=O) groups is 1. The molecule has 0 amide bonds. The van der Waals surface area contributed by atoms with Crippen molar-refractivity contribution in [3.05, 3.63) is 46.5 Å². The number of hydrogen-bond acceptors (Lipinski definition) is 5. The number of carbonyl (C=O) groups excluding carboxylic acids is 1. The molecule has 0 bridgehead atoms. The molecule has 0 spiro atoms. The van der Waals surface area contributed by atoms with Gasteiger partial charge >= 0.3 is 5.97 Å². The van der Waals surface area contributed by atoms with E-state index in [0.29, 0.717) is 10.9 Å². The van der Waals surface area contributed by atoms with Gasteiger partial charge < -0.3 is 4.74 Å². The molecule has 0 aliphatic heterocycles. The van der Waals surface area contributed by atoms with Crippen molar-refractivity contribution in [1.82, 2.24) is 4.98 Å². The minimum atomic E-state index is -0.237. The molecule has 2 rings (SSSR count). The highest BCUT2D eigenvalue weighted by atomic mass is 32.2. The monoisotopic (exact) mass is 279 g/mol. The summed E-state index contributed by atoms with van der Waals surface area (Å²) in [5, 5.41) is 0. The first-order chi connectivity index (χ1) is 8.65. The average molecular weight is 279 g/mol. The summed E-state index contributed by atoms with van der Waals surface area (Å²) >= 11 is 5.58. The number of ether oxygens (including phenoxy) is 1. The minimum absolute atomic E-state index is 0.237. The Morgan fingerprint density at radius 2 is 2.11 bits per heavy atom. The summed E-state index contributed by atoms with van der Waals surface area (Å²) in [5.74, 6) is -0.237. The van der Waals surface area contributed by atoms with Crippen molar-refractivity contribution in [2.24, 2.45) is 0 Å². The third-order valence-corrected chi connectivity index (χ3v) is 3.76. The topological polar surface area (TPSA) is 39.2 Å². The second-order valence-electron chi connectivity index (χ2n) is 3.83. The first-order valence-corrected chi connectivity index (χ1v) is 6.76. The van der Waals surface area contributed by atoms with Gasteiger partial charge in [-0.1, -0.05) is 30.3 Å². The van der Waals surface area contributed by atoms with Gasteiger partial charge in [-0.05, 0) is 12.5 Å². The number of aromatic nitrogens is 1. The van der Waals surface area contributed by atoms with Crippen molar-refractivity contribution < 1.29 is 9.53 Å². The Morgan fingerprint density at radius 1 is 1.39 bits per heavy atom. The summed E-state index contributed by atoms with van der Waals surface area (Å²) in [4.78, 5) is 16.8. The molecule has 94 valence electrons. The Labute approximate surface area is 115 Å². The zero-order chi connectivity index (χ0) is 13.0. The van der Waals surface area contributed by atoms with Gasteiger partial charge in [0.2, 0.25) is 0 Å². The lowest BCUT2D eigenvalue weighted by atomic mass is 10.2. The van der Waals surface area contributed by atoms with Crippen LogP contribution in [0.5, 0.6) is 0 Å². The zero-order valence-corrected chi connectivity index (χ0v) is 11.6. The van der Waals surface area contributed by atoms with E-state index in [0.717, 1.165) is 16.1 Å². The van der Waals surface area contributed by atoms with E-state index in [-0.39, 0.29) is 12.4 Å². The second-order valence-corrected chi connectivity index (χ2v) is 5.64. The highest BCUT2D eigenvalue weighted by Gasteiger charge is 2.11. The van der Waals surface area contributed by atoms with Gasteiger partial charge in [0.25, 0.3) is 0 Å². The van der Waals surface area contributed by atoms with E-state index in [9.17, 15) is 4.79 Å². The van der Waals surface area contributed by atoms with Crippen molar-refractivity contribution in [1.29, 1.82) is 0 Å². The largest absolute Gasteiger partial charge is 0.461 e. The Bertz CT molecular complexity index is 537. The molecule has 0 aliphatic carbocycles. The van der Waals surface area contributed by atoms with Crippen LogP contribution >= 0.6 is 24.0 Å². The number of hydrogen-bond donors (Lipinski definition) is 1. The number of rotatable bonds is 4. The molecule has 5 heteroatoms. The lowest BCUT2D eigenvalue weighted by Gasteiger charge is -2.04. The van der Waals surface area contributed by atoms with Crippen LogP contribution in [0.1, 0.15) is 16.1 Å². The van der Waals surface area contributed by atoms with Gasteiger partial charge in [-0.15, -0.1) is 24.0 Å². The van der Waals surface area contributed by atoms with Crippen LogP contribution in [0.15, 0.2) is 34.7 Å². The maximum absolute atomic E-state index is 11.7. The van der Waals surface area contributed by atoms with Crippen LogP contribution in [0, 0.1) is 6.92 Å². The average Bonchev–Trinajstić information content (AvgIpc) is 2.67. The number of thiol groups is 1. The molecular weight excluding hydrogens is 266 g/mol. The zero-order valence-electron chi connectivity index (χ0n) is 9.92. The van der Waals surface area contributed by atoms with Gasteiger partial charge in [0.15, 0.2) is 0 Å². The standard InChI is InChI=1S/C13H13NO2S2/c1-9-11(18-13(17)14-9)7-12(15)16-8-10-5-3-2-4-6-10/h2-6H,7-8H2,1H3,(H,14,17). The lowest BCUT2D eigenvalue weighted by molar-refractivity contribution is -0.144. The second kappa shape index (κ2) is 6.02. The molecule has 1 aromatic heterocycles. The first kappa shape index (κ1) is 13.1. The predicted molar refractivity (Wildman–Crippen MR) is 74.0 cm³/mol.